The molecule has 26 heavy (non-hydrogen) atoms. The second kappa shape index (κ2) is 9.07. The Kier molecular flexibility index (Phi) is 7.07. The fourth-order valence-electron chi connectivity index (χ4n) is 2.96. The number of rotatable bonds is 7. The number of methoxy groups -OCH3 is 1. The summed E-state index contributed by atoms with van der Waals surface area (Å²) >= 11 is 1.19. The second-order valence-corrected chi connectivity index (χ2v) is 7.78. The van der Waals surface area contributed by atoms with Crippen LogP contribution in [0, 0.1) is 6.92 Å². The van der Waals surface area contributed by atoms with E-state index in [0.717, 1.165) is 19.3 Å². The number of thioether (sulfide) groups is 1. The lowest BCUT2D eigenvalue weighted by atomic mass is 9.81. The quantitative estimate of drug-likeness (QED) is 0.693. The first-order chi connectivity index (χ1) is 12.4. The van der Waals surface area contributed by atoms with Crippen LogP contribution in [0.25, 0.3) is 0 Å². The van der Waals surface area contributed by atoms with Gasteiger partial charge in [0.15, 0.2) is 5.82 Å². The summed E-state index contributed by atoms with van der Waals surface area (Å²) in [7, 11) is 1.33. The number of hydrogen-bond acceptors (Lipinski definition) is 7. The largest absolute Gasteiger partial charge is 0.467 e. The number of carbonyl (C=O) groups excluding carboxylic acids is 3. The molecule has 1 aromatic heterocycles. The lowest BCUT2D eigenvalue weighted by molar-refractivity contribution is -0.152. The van der Waals surface area contributed by atoms with E-state index in [0.29, 0.717) is 24.4 Å². The highest BCUT2D eigenvalue weighted by Crippen LogP contribution is 2.29. The molecule has 1 aliphatic carbocycles. The van der Waals surface area contributed by atoms with Crippen LogP contribution < -0.4 is 10.6 Å². The number of aromatic nitrogens is 1. The van der Waals surface area contributed by atoms with E-state index >= 15 is 0 Å². The lowest BCUT2D eigenvalue weighted by Gasteiger charge is -2.35. The SMILES string of the molecule is COC(=O)C1(NC(=O)CS[C@H](C)C(=O)Nc2cc(C)on2)CCCCC1. The third-order valence-corrected chi connectivity index (χ3v) is 5.52. The van der Waals surface area contributed by atoms with Crippen molar-refractivity contribution < 1.29 is 23.6 Å². The fraction of sp³-hybridized carbons (Fsp3) is 0.647. The molecule has 2 N–H and O–H groups in total. The first kappa shape index (κ1) is 20.3. The number of nitrogens with zero attached hydrogens (tertiary/aromatic N) is 1. The number of ether oxygens (including phenoxy) is 1. The van der Waals surface area contributed by atoms with Crippen molar-refractivity contribution in [1.82, 2.24) is 10.5 Å². The van der Waals surface area contributed by atoms with Crippen molar-refractivity contribution in [3.05, 3.63) is 11.8 Å². The third kappa shape index (κ3) is 5.23. The lowest BCUT2D eigenvalue weighted by Crippen LogP contribution is -2.56. The van der Waals surface area contributed by atoms with Crippen LogP contribution in [0.2, 0.25) is 0 Å². The Morgan fingerprint density at radius 3 is 2.62 bits per heavy atom. The first-order valence-corrected chi connectivity index (χ1v) is 9.66. The Morgan fingerprint density at radius 1 is 1.35 bits per heavy atom. The molecule has 0 radical (unpaired) electrons. The van der Waals surface area contributed by atoms with Crippen LogP contribution in [-0.4, -0.2) is 46.6 Å². The van der Waals surface area contributed by atoms with Crippen molar-refractivity contribution in [2.75, 3.05) is 18.2 Å². The van der Waals surface area contributed by atoms with E-state index in [1.54, 1.807) is 19.9 Å². The average Bonchev–Trinajstić information content (AvgIpc) is 3.04. The van der Waals surface area contributed by atoms with Gasteiger partial charge in [-0.25, -0.2) is 4.79 Å². The Balaban J connectivity index is 1.84. The highest BCUT2D eigenvalue weighted by molar-refractivity contribution is 8.01. The smallest absolute Gasteiger partial charge is 0.331 e. The molecule has 8 nitrogen and oxygen atoms in total. The summed E-state index contributed by atoms with van der Waals surface area (Å²) in [6.45, 7) is 3.44. The van der Waals surface area contributed by atoms with Crippen LogP contribution in [0.1, 0.15) is 44.8 Å². The molecule has 1 aromatic rings. The number of anilines is 1. The number of aryl methyl sites for hydroxylation is 1. The van der Waals surface area contributed by atoms with E-state index in [2.05, 4.69) is 15.8 Å². The highest BCUT2D eigenvalue weighted by atomic mass is 32.2. The third-order valence-electron chi connectivity index (χ3n) is 4.37. The molecule has 1 heterocycles. The molecular weight excluding hydrogens is 358 g/mol. The number of hydrogen-bond donors (Lipinski definition) is 2. The number of nitrogens with one attached hydrogen (secondary N) is 2. The molecule has 1 fully saturated rings. The van der Waals surface area contributed by atoms with Crippen LogP contribution in [-0.2, 0) is 19.1 Å². The Morgan fingerprint density at radius 2 is 2.04 bits per heavy atom. The van der Waals surface area contributed by atoms with E-state index in [9.17, 15) is 14.4 Å². The maximum absolute atomic E-state index is 12.3. The molecule has 0 spiro atoms. The molecule has 1 aliphatic rings. The van der Waals surface area contributed by atoms with Gasteiger partial charge in [-0.2, -0.15) is 0 Å². The zero-order chi connectivity index (χ0) is 19.2. The molecule has 0 aromatic carbocycles. The van der Waals surface area contributed by atoms with Crippen LogP contribution in [0.15, 0.2) is 10.6 Å². The predicted molar refractivity (Wildman–Crippen MR) is 97.8 cm³/mol. The number of esters is 1. The molecule has 1 atom stereocenters. The zero-order valence-electron chi connectivity index (χ0n) is 15.3. The van der Waals surface area contributed by atoms with E-state index in [4.69, 9.17) is 9.26 Å². The normalized spacial score (nSPS) is 17.2. The standard InChI is InChI=1S/C17H25N3O5S/c1-11-9-13(20-25-11)18-15(22)12(2)26-10-14(21)19-17(16(23)24-3)7-5-4-6-8-17/h9,12H,4-8,10H2,1-3H3,(H,19,21)(H,18,20,22)/t12-/m1/s1. The summed E-state index contributed by atoms with van der Waals surface area (Å²) in [4.78, 5) is 36.6. The minimum Gasteiger partial charge on any atom is -0.467 e. The summed E-state index contributed by atoms with van der Waals surface area (Å²) in [5, 5.41) is 8.71. The van der Waals surface area contributed by atoms with Gasteiger partial charge in [0.2, 0.25) is 11.8 Å². The van der Waals surface area contributed by atoms with Crippen LogP contribution in [0.4, 0.5) is 5.82 Å². The second-order valence-electron chi connectivity index (χ2n) is 6.45. The van der Waals surface area contributed by atoms with Crippen molar-refractivity contribution in [3.63, 3.8) is 0 Å². The molecule has 0 saturated heterocycles. The maximum Gasteiger partial charge on any atom is 0.331 e. The molecule has 0 bridgehead atoms. The molecule has 144 valence electrons. The summed E-state index contributed by atoms with van der Waals surface area (Å²) in [5.74, 6) is 0.0702. The zero-order valence-corrected chi connectivity index (χ0v) is 16.1. The fourth-order valence-corrected chi connectivity index (χ4v) is 3.65. The van der Waals surface area contributed by atoms with Crippen molar-refractivity contribution >= 4 is 35.4 Å². The maximum atomic E-state index is 12.3. The molecule has 1 saturated carbocycles. The molecule has 2 rings (SSSR count). The van der Waals surface area contributed by atoms with E-state index in [-0.39, 0.29) is 17.6 Å². The summed E-state index contributed by atoms with van der Waals surface area (Å²) < 4.78 is 9.78. The first-order valence-electron chi connectivity index (χ1n) is 8.61. The van der Waals surface area contributed by atoms with Crippen LogP contribution >= 0.6 is 11.8 Å². The summed E-state index contributed by atoms with van der Waals surface area (Å²) in [6, 6.07) is 1.62. The van der Waals surface area contributed by atoms with Crippen LogP contribution in [0.5, 0.6) is 0 Å². The minimum atomic E-state index is -0.936. The van der Waals surface area contributed by atoms with Gasteiger partial charge < -0.3 is 19.9 Å². The van der Waals surface area contributed by atoms with Gasteiger partial charge in [0.25, 0.3) is 0 Å². The Hall–Kier alpha value is -2.03. The molecule has 0 unspecified atom stereocenters. The topological polar surface area (TPSA) is 111 Å². The Labute approximate surface area is 156 Å². The van der Waals surface area contributed by atoms with E-state index < -0.39 is 16.8 Å². The molecule has 0 aliphatic heterocycles. The van der Waals surface area contributed by atoms with Gasteiger partial charge in [0.05, 0.1) is 18.1 Å². The minimum absolute atomic E-state index is 0.0746. The van der Waals surface area contributed by atoms with Gasteiger partial charge in [-0.05, 0) is 26.7 Å². The molecule has 9 heteroatoms. The Bertz CT molecular complexity index is 655. The van der Waals surface area contributed by atoms with Gasteiger partial charge in [0.1, 0.15) is 11.3 Å². The summed E-state index contributed by atoms with van der Waals surface area (Å²) in [5.41, 5.74) is -0.936. The molecule has 2 amide bonds. The van der Waals surface area contributed by atoms with Crippen molar-refractivity contribution in [2.24, 2.45) is 0 Å². The average molecular weight is 383 g/mol. The molecular formula is C17H25N3O5S. The van der Waals surface area contributed by atoms with Gasteiger partial charge >= 0.3 is 5.97 Å². The van der Waals surface area contributed by atoms with Crippen molar-refractivity contribution in [2.45, 2.75) is 56.7 Å². The van der Waals surface area contributed by atoms with Crippen molar-refractivity contribution in [3.8, 4) is 0 Å². The number of amides is 2. The van der Waals surface area contributed by atoms with Crippen LogP contribution in [0.3, 0.4) is 0 Å². The van der Waals surface area contributed by atoms with Gasteiger partial charge in [-0.1, -0.05) is 24.4 Å². The summed E-state index contributed by atoms with van der Waals surface area (Å²) in [6.07, 6.45) is 3.95. The number of carbonyl (C=O) groups is 3. The predicted octanol–water partition coefficient (Wildman–Crippen LogP) is 2.04. The van der Waals surface area contributed by atoms with Gasteiger partial charge in [0, 0.05) is 6.07 Å². The monoisotopic (exact) mass is 383 g/mol. The van der Waals surface area contributed by atoms with E-state index in [1.165, 1.54) is 18.9 Å². The van der Waals surface area contributed by atoms with Crippen molar-refractivity contribution in [1.29, 1.82) is 0 Å². The highest BCUT2D eigenvalue weighted by Gasteiger charge is 2.41. The van der Waals surface area contributed by atoms with Gasteiger partial charge in [-0.15, -0.1) is 11.8 Å². The van der Waals surface area contributed by atoms with Gasteiger partial charge in [-0.3, -0.25) is 9.59 Å². The van der Waals surface area contributed by atoms with E-state index in [1.807, 2.05) is 0 Å².